The van der Waals surface area contributed by atoms with E-state index in [0.29, 0.717) is 41.6 Å². The highest BCUT2D eigenvalue weighted by atomic mass is 35.5. The van der Waals surface area contributed by atoms with Crippen LogP contribution in [0.5, 0.6) is 5.75 Å². The lowest BCUT2D eigenvalue weighted by atomic mass is 10.1. The van der Waals surface area contributed by atoms with E-state index in [-0.39, 0.29) is 5.91 Å². The number of benzene rings is 2. The highest BCUT2D eigenvalue weighted by molar-refractivity contribution is 6.30. The fourth-order valence-corrected chi connectivity index (χ4v) is 2.28. The van der Waals surface area contributed by atoms with E-state index < -0.39 is 0 Å². The van der Waals surface area contributed by atoms with Crippen molar-refractivity contribution in [2.45, 2.75) is 19.8 Å². The van der Waals surface area contributed by atoms with E-state index in [9.17, 15) is 4.79 Å². The molecule has 5 heteroatoms. The summed E-state index contributed by atoms with van der Waals surface area (Å²) in [6, 6.07) is 12.7. The van der Waals surface area contributed by atoms with Crippen molar-refractivity contribution in [3.05, 3.63) is 53.1 Å². The molecule has 2 aromatic rings. The second-order valence-corrected chi connectivity index (χ2v) is 5.30. The van der Waals surface area contributed by atoms with Gasteiger partial charge < -0.3 is 15.8 Å². The molecule has 0 spiro atoms. The topological polar surface area (TPSA) is 64.3 Å². The van der Waals surface area contributed by atoms with E-state index in [1.165, 1.54) is 0 Å². The quantitative estimate of drug-likeness (QED) is 0.794. The van der Waals surface area contributed by atoms with Gasteiger partial charge in [0.1, 0.15) is 5.75 Å². The van der Waals surface area contributed by atoms with Crippen LogP contribution in [0, 0.1) is 0 Å². The van der Waals surface area contributed by atoms with Crippen molar-refractivity contribution in [3.8, 4) is 5.75 Å². The molecule has 0 heterocycles. The van der Waals surface area contributed by atoms with Gasteiger partial charge in [-0.2, -0.15) is 0 Å². The Morgan fingerprint density at radius 1 is 1.27 bits per heavy atom. The number of carbonyl (C=O) groups excluding carboxylic acids is 1. The lowest BCUT2D eigenvalue weighted by molar-refractivity contribution is -0.116. The number of ether oxygens (including phenoxy) is 1. The molecular formula is C17H19ClN2O2. The van der Waals surface area contributed by atoms with Gasteiger partial charge in [-0.3, -0.25) is 4.79 Å². The van der Waals surface area contributed by atoms with Gasteiger partial charge in [-0.15, -0.1) is 0 Å². The number of halogens is 1. The summed E-state index contributed by atoms with van der Waals surface area (Å²) in [6.07, 6.45) is 0.989. The van der Waals surface area contributed by atoms with Crippen molar-refractivity contribution in [2.24, 2.45) is 0 Å². The monoisotopic (exact) mass is 318 g/mol. The van der Waals surface area contributed by atoms with Crippen LogP contribution in [0.3, 0.4) is 0 Å². The van der Waals surface area contributed by atoms with Crippen LogP contribution in [0.4, 0.5) is 11.4 Å². The first kappa shape index (κ1) is 16.2. The first-order valence-corrected chi connectivity index (χ1v) is 7.53. The molecule has 0 fully saturated rings. The van der Waals surface area contributed by atoms with E-state index in [4.69, 9.17) is 22.1 Å². The maximum Gasteiger partial charge on any atom is 0.224 e. The largest absolute Gasteiger partial charge is 0.492 e. The molecular weight excluding hydrogens is 300 g/mol. The Kier molecular flexibility index (Phi) is 5.67. The lowest BCUT2D eigenvalue weighted by Crippen LogP contribution is -2.12. The Labute approximate surface area is 135 Å². The van der Waals surface area contributed by atoms with Gasteiger partial charge in [-0.05, 0) is 49.2 Å². The average Bonchev–Trinajstić information content (AvgIpc) is 2.48. The van der Waals surface area contributed by atoms with Gasteiger partial charge in [0.2, 0.25) is 5.91 Å². The Hall–Kier alpha value is -2.20. The highest BCUT2D eigenvalue weighted by Gasteiger charge is 2.06. The third kappa shape index (κ3) is 4.67. The molecule has 0 saturated carbocycles. The second kappa shape index (κ2) is 7.71. The van der Waals surface area contributed by atoms with Crippen molar-refractivity contribution in [1.29, 1.82) is 0 Å². The van der Waals surface area contributed by atoms with Gasteiger partial charge in [0, 0.05) is 17.1 Å². The van der Waals surface area contributed by atoms with E-state index in [1.807, 2.05) is 25.1 Å². The number of hydrogen-bond acceptors (Lipinski definition) is 3. The number of nitrogens with one attached hydrogen (secondary N) is 1. The highest BCUT2D eigenvalue weighted by Crippen LogP contribution is 2.23. The minimum atomic E-state index is -0.0604. The molecule has 0 aliphatic carbocycles. The summed E-state index contributed by atoms with van der Waals surface area (Å²) in [5.41, 5.74) is 8.21. The van der Waals surface area contributed by atoms with Crippen LogP contribution < -0.4 is 15.8 Å². The standard InChI is InChI=1S/C17H19ClN2O2/c1-2-22-16-8-6-12(10-15(16)19)7-9-17(21)20-14-5-3-4-13(18)11-14/h3-6,8,10-11H,2,7,9,19H2,1H3,(H,20,21). The van der Waals surface area contributed by atoms with E-state index in [2.05, 4.69) is 5.32 Å². The third-order valence-electron chi connectivity index (χ3n) is 3.12. The lowest BCUT2D eigenvalue weighted by Gasteiger charge is -2.09. The molecule has 0 aliphatic rings. The molecule has 0 atom stereocenters. The van der Waals surface area contributed by atoms with Crippen LogP contribution >= 0.6 is 11.6 Å². The molecule has 4 nitrogen and oxygen atoms in total. The molecule has 116 valence electrons. The van der Waals surface area contributed by atoms with Crippen LogP contribution in [0.15, 0.2) is 42.5 Å². The van der Waals surface area contributed by atoms with E-state index in [0.717, 1.165) is 5.56 Å². The third-order valence-corrected chi connectivity index (χ3v) is 3.36. The summed E-state index contributed by atoms with van der Waals surface area (Å²) < 4.78 is 5.39. The van der Waals surface area contributed by atoms with E-state index in [1.54, 1.807) is 24.3 Å². The summed E-state index contributed by atoms with van der Waals surface area (Å²) in [7, 11) is 0. The average molecular weight is 319 g/mol. The molecule has 0 radical (unpaired) electrons. The molecule has 0 aliphatic heterocycles. The molecule has 22 heavy (non-hydrogen) atoms. The fraction of sp³-hybridized carbons (Fsp3) is 0.235. The number of amides is 1. The predicted octanol–water partition coefficient (Wildman–Crippen LogP) is 3.89. The van der Waals surface area contributed by atoms with Crippen LogP contribution in [-0.4, -0.2) is 12.5 Å². The Bertz CT molecular complexity index is 659. The number of nitrogen functional groups attached to an aromatic ring is 1. The number of nitrogens with two attached hydrogens (primary N) is 1. The fourth-order valence-electron chi connectivity index (χ4n) is 2.09. The maximum absolute atomic E-state index is 11.9. The smallest absolute Gasteiger partial charge is 0.224 e. The van der Waals surface area contributed by atoms with E-state index >= 15 is 0 Å². The normalized spacial score (nSPS) is 10.3. The van der Waals surface area contributed by atoms with Crippen molar-refractivity contribution in [2.75, 3.05) is 17.7 Å². The van der Waals surface area contributed by atoms with Crippen LogP contribution in [0.2, 0.25) is 5.02 Å². The molecule has 0 aromatic heterocycles. The molecule has 0 bridgehead atoms. The molecule has 2 rings (SSSR count). The SMILES string of the molecule is CCOc1ccc(CCC(=O)Nc2cccc(Cl)c2)cc1N. The van der Waals surface area contributed by atoms with Gasteiger partial charge in [0.05, 0.1) is 12.3 Å². The molecule has 3 N–H and O–H groups in total. The van der Waals surface area contributed by atoms with Crippen LogP contribution in [0.25, 0.3) is 0 Å². The summed E-state index contributed by atoms with van der Waals surface area (Å²) in [4.78, 5) is 11.9. The maximum atomic E-state index is 11.9. The molecule has 0 unspecified atom stereocenters. The number of rotatable bonds is 6. The number of carbonyl (C=O) groups is 1. The van der Waals surface area contributed by atoms with Crippen molar-refractivity contribution in [3.63, 3.8) is 0 Å². The molecule has 2 aromatic carbocycles. The van der Waals surface area contributed by atoms with Crippen molar-refractivity contribution >= 4 is 28.9 Å². The van der Waals surface area contributed by atoms with Crippen LogP contribution in [-0.2, 0) is 11.2 Å². The summed E-state index contributed by atoms with van der Waals surface area (Å²) in [5, 5.41) is 3.41. The minimum Gasteiger partial charge on any atom is -0.492 e. The molecule has 1 amide bonds. The summed E-state index contributed by atoms with van der Waals surface area (Å²) in [5.74, 6) is 0.615. The predicted molar refractivity (Wildman–Crippen MR) is 90.4 cm³/mol. The first-order valence-electron chi connectivity index (χ1n) is 7.15. The zero-order valence-corrected chi connectivity index (χ0v) is 13.2. The molecule has 0 saturated heterocycles. The Balaban J connectivity index is 1.89. The van der Waals surface area contributed by atoms with Crippen molar-refractivity contribution in [1.82, 2.24) is 0 Å². The minimum absolute atomic E-state index is 0.0604. The van der Waals surface area contributed by atoms with Gasteiger partial charge >= 0.3 is 0 Å². The number of aryl methyl sites for hydroxylation is 1. The van der Waals surface area contributed by atoms with Gasteiger partial charge in [-0.25, -0.2) is 0 Å². The Morgan fingerprint density at radius 2 is 2.09 bits per heavy atom. The zero-order chi connectivity index (χ0) is 15.9. The van der Waals surface area contributed by atoms with Crippen molar-refractivity contribution < 1.29 is 9.53 Å². The van der Waals surface area contributed by atoms with Gasteiger partial charge in [0.15, 0.2) is 0 Å². The van der Waals surface area contributed by atoms with Crippen LogP contribution in [0.1, 0.15) is 18.9 Å². The second-order valence-electron chi connectivity index (χ2n) is 4.86. The number of anilines is 2. The van der Waals surface area contributed by atoms with Gasteiger partial charge in [0.25, 0.3) is 0 Å². The summed E-state index contributed by atoms with van der Waals surface area (Å²) >= 11 is 5.88. The first-order chi connectivity index (χ1) is 10.6. The number of hydrogen-bond donors (Lipinski definition) is 2. The summed E-state index contributed by atoms with van der Waals surface area (Å²) in [6.45, 7) is 2.49. The Morgan fingerprint density at radius 3 is 2.77 bits per heavy atom. The van der Waals surface area contributed by atoms with Gasteiger partial charge in [-0.1, -0.05) is 23.7 Å². The zero-order valence-electron chi connectivity index (χ0n) is 12.4.